The van der Waals surface area contributed by atoms with Gasteiger partial charge in [0.05, 0.1) is 5.38 Å². The Balaban J connectivity index is 2.56. The van der Waals surface area contributed by atoms with Gasteiger partial charge in [0, 0.05) is 22.2 Å². The summed E-state index contributed by atoms with van der Waals surface area (Å²) < 4.78 is 40.9. The molecular weight excluding hydrogens is 341 g/mol. The fourth-order valence-electron chi connectivity index (χ4n) is 1.81. The van der Waals surface area contributed by atoms with Gasteiger partial charge in [0.2, 0.25) is 0 Å². The van der Waals surface area contributed by atoms with Gasteiger partial charge in [0.1, 0.15) is 17.5 Å². The average Bonchev–Trinajstić information content (AvgIpc) is 2.30. The number of rotatable bonds is 2. The van der Waals surface area contributed by atoms with Crippen molar-refractivity contribution in [3.05, 3.63) is 68.9 Å². The average molecular weight is 350 g/mol. The molecule has 0 aliphatic carbocycles. The molecule has 1 unspecified atom stereocenters. The van der Waals surface area contributed by atoms with Crippen LogP contribution in [-0.4, -0.2) is 0 Å². The van der Waals surface area contributed by atoms with Crippen molar-refractivity contribution in [2.75, 3.05) is 0 Å². The molecule has 0 heterocycles. The molecule has 0 N–H and O–H groups in total. The first kappa shape index (κ1) is 14.4. The van der Waals surface area contributed by atoms with E-state index < -0.39 is 22.8 Å². The number of benzene rings is 2. The fraction of sp³-hybridized carbons (Fsp3) is 0.143. The lowest BCUT2D eigenvalue weighted by molar-refractivity contribution is 0.526. The Bertz CT molecular complexity index is 605. The van der Waals surface area contributed by atoms with Crippen LogP contribution in [0.15, 0.2) is 34.8 Å². The van der Waals surface area contributed by atoms with Crippen molar-refractivity contribution in [1.29, 1.82) is 0 Å². The fourth-order valence-corrected chi connectivity index (χ4v) is 2.80. The second kappa shape index (κ2) is 5.55. The van der Waals surface area contributed by atoms with E-state index in [9.17, 15) is 13.2 Å². The summed E-state index contributed by atoms with van der Waals surface area (Å²) in [4.78, 5) is 0. The molecule has 0 fully saturated rings. The number of alkyl halides is 1. The zero-order chi connectivity index (χ0) is 14.2. The van der Waals surface area contributed by atoms with Crippen molar-refractivity contribution in [2.24, 2.45) is 0 Å². The molecule has 19 heavy (non-hydrogen) atoms. The summed E-state index contributed by atoms with van der Waals surface area (Å²) in [5.41, 5.74) is 1.09. The molecule has 1 atom stereocenters. The largest absolute Gasteiger partial charge is 0.207 e. The number of hydrogen-bond donors (Lipinski definition) is 0. The molecule has 0 spiro atoms. The smallest absolute Gasteiger partial charge is 0.134 e. The summed E-state index contributed by atoms with van der Waals surface area (Å²) in [7, 11) is 0. The minimum Gasteiger partial charge on any atom is -0.207 e. The Morgan fingerprint density at radius 3 is 2.21 bits per heavy atom. The number of aryl methyl sites for hydroxylation is 1. The highest BCUT2D eigenvalue weighted by Crippen LogP contribution is 2.37. The van der Waals surface area contributed by atoms with E-state index in [1.807, 2.05) is 13.0 Å². The van der Waals surface area contributed by atoms with Crippen molar-refractivity contribution < 1.29 is 13.2 Å². The zero-order valence-electron chi connectivity index (χ0n) is 9.85. The van der Waals surface area contributed by atoms with E-state index in [1.54, 1.807) is 12.1 Å². The molecule has 2 aromatic carbocycles. The summed E-state index contributed by atoms with van der Waals surface area (Å²) in [5, 5.41) is -1.03. The summed E-state index contributed by atoms with van der Waals surface area (Å²) in [6.07, 6.45) is 0. The van der Waals surface area contributed by atoms with Crippen LogP contribution in [0.2, 0.25) is 0 Å². The molecule has 100 valence electrons. The van der Waals surface area contributed by atoms with Gasteiger partial charge in [0.15, 0.2) is 0 Å². The molecule has 0 saturated carbocycles. The summed E-state index contributed by atoms with van der Waals surface area (Å²) >= 11 is 9.43. The monoisotopic (exact) mass is 348 g/mol. The summed E-state index contributed by atoms with van der Waals surface area (Å²) in [5.74, 6) is -2.96. The second-order valence-electron chi connectivity index (χ2n) is 4.17. The van der Waals surface area contributed by atoms with E-state index in [4.69, 9.17) is 11.6 Å². The molecular formula is C14H9BrClF3. The number of hydrogen-bond acceptors (Lipinski definition) is 0. The third-order valence-electron chi connectivity index (χ3n) is 2.72. The Morgan fingerprint density at radius 1 is 1.05 bits per heavy atom. The molecule has 5 heteroatoms. The van der Waals surface area contributed by atoms with Crippen LogP contribution in [-0.2, 0) is 0 Å². The number of halogens is 5. The van der Waals surface area contributed by atoms with E-state index in [1.165, 1.54) is 0 Å². The van der Waals surface area contributed by atoms with Gasteiger partial charge in [0.25, 0.3) is 0 Å². The van der Waals surface area contributed by atoms with Crippen LogP contribution >= 0.6 is 27.5 Å². The first-order valence-electron chi connectivity index (χ1n) is 5.44. The molecule has 0 radical (unpaired) electrons. The van der Waals surface area contributed by atoms with Gasteiger partial charge < -0.3 is 0 Å². The van der Waals surface area contributed by atoms with Crippen molar-refractivity contribution in [3.63, 3.8) is 0 Å². The van der Waals surface area contributed by atoms with Crippen LogP contribution in [0.4, 0.5) is 13.2 Å². The lowest BCUT2D eigenvalue weighted by Crippen LogP contribution is -2.03. The van der Waals surface area contributed by atoms with Gasteiger partial charge in [-0.05, 0) is 18.6 Å². The summed E-state index contributed by atoms with van der Waals surface area (Å²) in [6.45, 7) is 1.84. The molecule has 0 bridgehead atoms. The highest BCUT2D eigenvalue weighted by molar-refractivity contribution is 9.10. The van der Waals surface area contributed by atoms with E-state index in [2.05, 4.69) is 15.9 Å². The molecule has 0 saturated heterocycles. The van der Waals surface area contributed by atoms with E-state index in [0.717, 1.165) is 5.56 Å². The molecule has 0 aromatic heterocycles. The quantitative estimate of drug-likeness (QED) is 0.628. The minimum absolute atomic E-state index is 0.352. The molecule has 0 aliphatic heterocycles. The predicted molar refractivity (Wildman–Crippen MR) is 72.9 cm³/mol. The van der Waals surface area contributed by atoms with E-state index >= 15 is 0 Å². The molecule has 0 nitrogen and oxygen atoms in total. The maximum atomic E-state index is 13.7. The standard InChI is InChI=1S/C14H9BrClF3/c1-7-2-3-10(15)9(4-7)14(16)13-11(18)5-8(17)6-12(13)19/h2-6,14H,1H3. The Hall–Kier alpha value is -1.00. The lowest BCUT2D eigenvalue weighted by Gasteiger charge is -2.15. The lowest BCUT2D eigenvalue weighted by atomic mass is 10.0. The third-order valence-corrected chi connectivity index (χ3v) is 3.90. The first-order chi connectivity index (χ1) is 8.90. The van der Waals surface area contributed by atoms with Crippen molar-refractivity contribution >= 4 is 27.5 Å². The Labute approximate surface area is 122 Å². The molecule has 2 rings (SSSR count). The Morgan fingerprint density at radius 2 is 1.63 bits per heavy atom. The van der Waals surface area contributed by atoms with Gasteiger partial charge in [-0.2, -0.15) is 0 Å². The molecule has 2 aromatic rings. The molecule has 0 aliphatic rings. The highest BCUT2D eigenvalue weighted by atomic mass is 79.9. The third kappa shape index (κ3) is 2.95. The van der Waals surface area contributed by atoms with Crippen LogP contribution in [0.5, 0.6) is 0 Å². The highest BCUT2D eigenvalue weighted by Gasteiger charge is 2.22. The van der Waals surface area contributed by atoms with Gasteiger partial charge in [-0.3, -0.25) is 0 Å². The maximum absolute atomic E-state index is 13.7. The van der Waals surface area contributed by atoms with Gasteiger partial charge in [-0.25, -0.2) is 13.2 Å². The van der Waals surface area contributed by atoms with E-state index in [-0.39, 0.29) is 5.56 Å². The van der Waals surface area contributed by atoms with Crippen molar-refractivity contribution in [1.82, 2.24) is 0 Å². The molecule has 0 amide bonds. The van der Waals surface area contributed by atoms with Gasteiger partial charge in [-0.15, -0.1) is 11.6 Å². The van der Waals surface area contributed by atoms with Gasteiger partial charge in [-0.1, -0.05) is 33.6 Å². The second-order valence-corrected chi connectivity index (χ2v) is 5.46. The maximum Gasteiger partial charge on any atom is 0.134 e. The zero-order valence-corrected chi connectivity index (χ0v) is 12.2. The Kier molecular flexibility index (Phi) is 4.21. The van der Waals surface area contributed by atoms with Crippen LogP contribution < -0.4 is 0 Å². The van der Waals surface area contributed by atoms with Crippen molar-refractivity contribution in [2.45, 2.75) is 12.3 Å². The van der Waals surface area contributed by atoms with Crippen LogP contribution in [0.25, 0.3) is 0 Å². The van der Waals surface area contributed by atoms with Crippen molar-refractivity contribution in [3.8, 4) is 0 Å². The topological polar surface area (TPSA) is 0 Å². The SMILES string of the molecule is Cc1ccc(Br)c(C(Cl)c2c(F)cc(F)cc2F)c1. The predicted octanol–water partition coefficient (Wildman–Crippen LogP) is 5.50. The first-order valence-corrected chi connectivity index (χ1v) is 6.67. The summed E-state index contributed by atoms with van der Waals surface area (Å²) in [6, 6.07) is 6.56. The van der Waals surface area contributed by atoms with E-state index in [0.29, 0.717) is 22.2 Å². The van der Waals surface area contributed by atoms with Gasteiger partial charge >= 0.3 is 0 Å². The normalized spacial score (nSPS) is 12.5. The minimum atomic E-state index is -1.03. The van der Waals surface area contributed by atoms with Crippen LogP contribution in [0, 0.1) is 24.4 Å². The van der Waals surface area contributed by atoms with Crippen LogP contribution in [0.3, 0.4) is 0 Å². The van der Waals surface area contributed by atoms with Crippen LogP contribution in [0.1, 0.15) is 22.1 Å².